The standard InChI is InChI=1S/C11H21N3O3/c1-14(7-8-17-2)10(15)11(9(12)13-16)5-3-4-6-11/h16H,3-8H2,1-2H3,(H2,12,13). The molecule has 0 heterocycles. The van der Waals surface area contributed by atoms with Gasteiger partial charge in [-0.05, 0) is 12.8 Å². The van der Waals surface area contributed by atoms with Crippen molar-refractivity contribution in [3.8, 4) is 0 Å². The van der Waals surface area contributed by atoms with Gasteiger partial charge in [-0.15, -0.1) is 0 Å². The Balaban J connectivity index is 2.81. The van der Waals surface area contributed by atoms with Crippen molar-refractivity contribution in [1.29, 1.82) is 0 Å². The third-order valence-electron chi connectivity index (χ3n) is 3.44. The van der Waals surface area contributed by atoms with Gasteiger partial charge in [-0.25, -0.2) is 0 Å². The Bertz CT molecular complexity index is 298. The molecule has 0 aromatic heterocycles. The van der Waals surface area contributed by atoms with Crippen molar-refractivity contribution in [3.63, 3.8) is 0 Å². The van der Waals surface area contributed by atoms with Crippen molar-refractivity contribution in [1.82, 2.24) is 4.90 Å². The molecular weight excluding hydrogens is 222 g/mol. The zero-order valence-corrected chi connectivity index (χ0v) is 10.5. The minimum Gasteiger partial charge on any atom is -0.409 e. The monoisotopic (exact) mass is 243 g/mol. The summed E-state index contributed by atoms with van der Waals surface area (Å²) in [6.45, 7) is 0.990. The summed E-state index contributed by atoms with van der Waals surface area (Å²) >= 11 is 0. The molecule has 0 aliphatic heterocycles. The van der Waals surface area contributed by atoms with Gasteiger partial charge in [0.05, 0.1) is 6.61 Å². The van der Waals surface area contributed by atoms with Gasteiger partial charge >= 0.3 is 0 Å². The quantitative estimate of drug-likeness (QED) is 0.316. The molecular formula is C11H21N3O3. The van der Waals surface area contributed by atoms with E-state index in [-0.39, 0.29) is 11.7 Å². The van der Waals surface area contributed by atoms with Crippen molar-refractivity contribution in [2.45, 2.75) is 25.7 Å². The first-order chi connectivity index (χ1) is 8.08. The van der Waals surface area contributed by atoms with Gasteiger partial charge in [-0.2, -0.15) is 0 Å². The molecule has 0 aromatic carbocycles. The predicted octanol–water partition coefficient (Wildman–Crippen LogP) is 0.398. The van der Waals surface area contributed by atoms with Crippen LogP contribution < -0.4 is 5.73 Å². The van der Waals surface area contributed by atoms with E-state index in [0.29, 0.717) is 26.0 Å². The zero-order valence-electron chi connectivity index (χ0n) is 10.5. The maximum absolute atomic E-state index is 12.4. The smallest absolute Gasteiger partial charge is 0.236 e. The van der Waals surface area contributed by atoms with E-state index < -0.39 is 5.41 Å². The molecule has 1 aliphatic rings. The molecule has 0 spiro atoms. The predicted molar refractivity (Wildman–Crippen MR) is 63.8 cm³/mol. The second-order valence-corrected chi connectivity index (χ2v) is 4.49. The molecule has 0 radical (unpaired) electrons. The first kappa shape index (κ1) is 13.8. The van der Waals surface area contributed by atoms with Crippen LogP contribution in [-0.2, 0) is 9.53 Å². The average molecular weight is 243 g/mol. The lowest BCUT2D eigenvalue weighted by molar-refractivity contribution is -0.137. The number of amides is 1. The van der Waals surface area contributed by atoms with Crippen molar-refractivity contribution >= 4 is 11.7 Å². The van der Waals surface area contributed by atoms with Crippen molar-refractivity contribution < 1.29 is 14.7 Å². The molecule has 0 bridgehead atoms. The van der Waals surface area contributed by atoms with E-state index in [1.807, 2.05) is 0 Å². The Hall–Kier alpha value is -1.30. The number of oxime groups is 1. The molecule has 1 rings (SSSR count). The molecule has 1 saturated carbocycles. The Morgan fingerprint density at radius 1 is 1.53 bits per heavy atom. The molecule has 0 atom stereocenters. The minimum absolute atomic E-state index is 0.0317. The summed E-state index contributed by atoms with van der Waals surface area (Å²) in [5, 5.41) is 11.9. The summed E-state index contributed by atoms with van der Waals surface area (Å²) in [6, 6.07) is 0. The first-order valence-corrected chi connectivity index (χ1v) is 5.81. The molecule has 1 aliphatic carbocycles. The summed E-state index contributed by atoms with van der Waals surface area (Å²) in [6.07, 6.45) is 3.16. The van der Waals surface area contributed by atoms with E-state index in [2.05, 4.69) is 5.16 Å². The van der Waals surface area contributed by atoms with Crippen LogP contribution in [0.4, 0.5) is 0 Å². The molecule has 1 amide bonds. The van der Waals surface area contributed by atoms with Gasteiger partial charge < -0.3 is 20.6 Å². The van der Waals surface area contributed by atoms with Crippen LogP contribution in [0, 0.1) is 5.41 Å². The van der Waals surface area contributed by atoms with Crippen LogP contribution >= 0.6 is 0 Å². The van der Waals surface area contributed by atoms with Crippen molar-refractivity contribution in [3.05, 3.63) is 0 Å². The third-order valence-corrected chi connectivity index (χ3v) is 3.44. The topological polar surface area (TPSA) is 88.2 Å². The molecule has 98 valence electrons. The highest BCUT2D eigenvalue weighted by Crippen LogP contribution is 2.39. The van der Waals surface area contributed by atoms with E-state index in [1.165, 1.54) is 0 Å². The van der Waals surface area contributed by atoms with Gasteiger partial charge in [0, 0.05) is 20.7 Å². The third kappa shape index (κ3) is 2.69. The highest BCUT2D eigenvalue weighted by atomic mass is 16.5. The maximum atomic E-state index is 12.4. The number of hydrogen-bond donors (Lipinski definition) is 2. The molecule has 0 aromatic rings. The fraction of sp³-hybridized carbons (Fsp3) is 0.818. The van der Waals surface area contributed by atoms with E-state index >= 15 is 0 Å². The molecule has 6 nitrogen and oxygen atoms in total. The number of ether oxygens (including phenoxy) is 1. The van der Waals surface area contributed by atoms with Gasteiger partial charge in [-0.1, -0.05) is 18.0 Å². The fourth-order valence-electron chi connectivity index (χ4n) is 2.35. The van der Waals surface area contributed by atoms with Crippen LogP contribution in [0.25, 0.3) is 0 Å². The molecule has 17 heavy (non-hydrogen) atoms. The number of carbonyl (C=O) groups is 1. The van der Waals surface area contributed by atoms with E-state index in [1.54, 1.807) is 19.1 Å². The Labute approximate surface area is 101 Å². The number of carbonyl (C=O) groups excluding carboxylic acids is 1. The summed E-state index contributed by atoms with van der Waals surface area (Å²) in [4.78, 5) is 14.0. The lowest BCUT2D eigenvalue weighted by atomic mass is 9.83. The summed E-state index contributed by atoms with van der Waals surface area (Å²) < 4.78 is 4.94. The number of amidine groups is 1. The summed E-state index contributed by atoms with van der Waals surface area (Å²) in [5.74, 6) is -0.0494. The lowest BCUT2D eigenvalue weighted by Gasteiger charge is -2.31. The second kappa shape index (κ2) is 5.86. The van der Waals surface area contributed by atoms with Crippen LogP contribution in [0.2, 0.25) is 0 Å². The van der Waals surface area contributed by atoms with Gasteiger partial charge in [0.25, 0.3) is 0 Å². The molecule has 6 heteroatoms. The lowest BCUT2D eigenvalue weighted by Crippen LogP contribution is -2.49. The SMILES string of the molecule is COCCN(C)C(=O)C1(/C(N)=N/O)CCCC1. The Morgan fingerprint density at radius 3 is 2.59 bits per heavy atom. The number of methoxy groups -OCH3 is 1. The Morgan fingerprint density at radius 2 is 2.12 bits per heavy atom. The van der Waals surface area contributed by atoms with Gasteiger partial charge in [0.1, 0.15) is 5.41 Å². The zero-order chi connectivity index (χ0) is 12.9. The second-order valence-electron chi connectivity index (χ2n) is 4.49. The van der Waals surface area contributed by atoms with Crippen LogP contribution in [0.1, 0.15) is 25.7 Å². The van der Waals surface area contributed by atoms with Gasteiger partial charge in [0.2, 0.25) is 5.91 Å². The van der Waals surface area contributed by atoms with Crippen molar-refractivity contribution in [2.24, 2.45) is 16.3 Å². The first-order valence-electron chi connectivity index (χ1n) is 5.81. The average Bonchev–Trinajstić information content (AvgIpc) is 2.84. The van der Waals surface area contributed by atoms with Crippen LogP contribution in [0.5, 0.6) is 0 Å². The van der Waals surface area contributed by atoms with Crippen LogP contribution in [0.15, 0.2) is 5.16 Å². The molecule has 0 unspecified atom stereocenters. The summed E-state index contributed by atoms with van der Waals surface area (Å²) in [7, 11) is 3.30. The maximum Gasteiger partial charge on any atom is 0.236 e. The van der Waals surface area contributed by atoms with E-state index in [4.69, 9.17) is 15.7 Å². The van der Waals surface area contributed by atoms with Gasteiger partial charge in [-0.3, -0.25) is 4.79 Å². The minimum atomic E-state index is -0.808. The molecule has 1 fully saturated rings. The van der Waals surface area contributed by atoms with E-state index in [0.717, 1.165) is 12.8 Å². The largest absolute Gasteiger partial charge is 0.409 e. The highest BCUT2D eigenvalue weighted by Gasteiger charge is 2.46. The van der Waals surface area contributed by atoms with Crippen molar-refractivity contribution in [2.75, 3.05) is 27.3 Å². The molecule has 3 N–H and O–H groups in total. The van der Waals surface area contributed by atoms with Gasteiger partial charge in [0.15, 0.2) is 5.84 Å². The number of nitrogens with zero attached hydrogens (tertiary/aromatic N) is 2. The van der Waals surface area contributed by atoms with Crippen LogP contribution in [-0.4, -0.2) is 49.2 Å². The Kier molecular flexibility index (Phi) is 4.74. The number of hydrogen-bond acceptors (Lipinski definition) is 4. The van der Waals surface area contributed by atoms with Crippen LogP contribution in [0.3, 0.4) is 0 Å². The number of rotatable bonds is 5. The number of nitrogens with two attached hydrogens (primary N) is 1. The fourth-order valence-corrected chi connectivity index (χ4v) is 2.35. The highest BCUT2D eigenvalue weighted by molar-refractivity contribution is 6.06. The summed E-state index contributed by atoms with van der Waals surface area (Å²) in [5.41, 5.74) is 4.89. The normalized spacial score (nSPS) is 19.3. The molecule has 0 saturated heterocycles. The number of likely N-dealkylation sites (N-methyl/N-ethyl adjacent to an activating group) is 1. The van der Waals surface area contributed by atoms with E-state index in [9.17, 15) is 4.79 Å².